The molecule has 0 amide bonds. The van der Waals surface area contributed by atoms with Crippen molar-refractivity contribution in [2.24, 2.45) is 0 Å². The number of aromatic nitrogens is 2. The van der Waals surface area contributed by atoms with Crippen LogP contribution >= 0.6 is 0 Å². The Morgan fingerprint density at radius 3 is 2.67 bits per heavy atom. The number of H-pyrrole nitrogens is 2. The zero-order valence-electron chi connectivity index (χ0n) is 7.40. The Bertz CT molecular complexity index is 608. The Morgan fingerprint density at radius 1 is 1.27 bits per heavy atom. The van der Waals surface area contributed by atoms with Gasteiger partial charge in [-0.05, 0) is 6.07 Å². The van der Waals surface area contributed by atoms with Gasteiger partial charge in [-0.1, -0.05) is 0 Å². The van der Waals surface area contributed by atoms with E-state index in [0.717, 1.165) is 0 Å². The number of carboxylic acids is 1. The van der Waals surface area contributed by atoms with E-state index in [0.29, 0.717) is 5.39 Å². The number of aliphatic carboxylic acids is 1. The van der Waals surface area contributed by atoms with E-state index >= 15 is 0 Å². The highest BCUT2D eigenvalue weighted by atomic mass is 16.4. The molecule has 6 heteroatoms. The van der Waals surface area contributed by atoms with Gasteiger partial charge in [0, 0.05) is 17.8 Å². The minimum absolute atomic E-state index is 0.0106. The number of ketones is 1. The Morgan fingerprint density at radius 2 is 2.00 bits per heavy atom. The SMILES string of the molecule is O=C(O)C(=O)c1c[nH]c2c(=O)[nH]ccc12. The van der Waals surface area contributed by atoms with Gasteiger partial charge in [-0.25, -0.2) is 4.79 Å². The van der Waals surface area contributed by atoms with Gasteiger partial charge >= 0.3 is 5.97 Å². The summed E-state index contributed by atoms with van der Waals surface area (Å²) in [6.07, 6.45) is 2.58. The molecular weight excluding hydrogens is 200 g/mol. The van der Waals surface area contributed by atoms with Crippen molar-refractivity contribution < 1.29 is 14.7 Å². The zero-order chi connectivity index (χ0) is 11.0. The lowest BCUT2D eigenvalue weighted by Crippen LogP contribution is -2.12. The molecule has 3 N–H and O–H groups in total. The maximum Gasteiger partial charge on any atom is 0.377 e. The van der Waals surface area contributed by atoms with E-state index < -0.39 is 17.3 Å². The Balaban J connectivity index is 2.75. The summed E-state index contributed by atoms with van der Waals surface area (Å²) >= 11 is 0. The predicted octanol–water partition coefficient (Wildman–Crippen LogP) is 0.123. The Hall–Kier alpha value is -2.37. The molecule has 15 heavy (non-hydrogen) atoms. The molecule has 0 fully saturated rings. The minimum atomic E-state index is -1.55. The van der Waals surface area contributed by atoms with Crippen molar-refractivity contribution in [3.05, 3.63) is 34.4 Å². The maximum absolute atomic E-state index is 11.2. The molecule has 0 saturated heterocycles. The first kappa shape index (κ1) is 9.20. The van der Waals surface area contributed by atoms with E-state index in [1.807, 2.05) is 0 Å². The third-order valence-electron chi connectivity index (χ3n) is 2.05. The van der Waals surface area contributed by atoms with Crippen molar-refractivity contribution in [2.75, 3.05) is 0 Å². The summed E-state index contributed by atoms with van der Waals surface area (Å²) in [6, 6.07) is 1.48. The fourth-order valence-electron chi connectivity index (χ4n) is 1.37. The highest BCUT2D eigenvalue weighted by Gasteiger charge is 2.19. The number of carbonyl (C=O) groups excluding carboxylic acids is 1. The van der Waals surface area contributed by atoms with Gasteiger partial charge in [-0.3, -0.25) is 9.59 Å². The van der Waals surface area contributed by atoms with Crippen LogP contribution in [-0.4, -0.2) is 26.8 Å². The molecule has 0 unspecified atom stereocenters. The van der Waals surface area contributed by atoms with E-state index in [1.54, 1.807) is 0 Å². The van der Waals surface area contributed by atoms with Gasteiger partial charge in [0.25, 0.3) is 11.3 Å². The van der Waals surface area contributed by atoms with Crippen molar-refractivity contribution in [2.45, 2.75) is 0 Å². The lowest BCUT2D eigenvalue weighted by atomic mass is 10.1. The molecule has 0 atom stereocenters. The number of aromatic amines is 2. The van der Waals surface area contributed by atoms with Crippen LogP contribution in [0.4, 0.5) is 0 Å². The second-order valence-corrected chi connectivity index (χ2v) is 2.93. The smallest absolute Gasteiger partial charge is 0.377 e. The van der Waals surface area contributed by atoms with Crippen LogP contribution in [0.5, 0.6) is 0 Å². The molecule has 2 aromatic heterocycles. The van der Waals surface area contributed by atoms with Crippen LogP contribution in [0.3, 0.4) is 0 Å². The monoisotopic (exact) mass is 206 g/mol. The first-order valence-corrected chi connectivity index (χ1v) is 4.07. The lowest BCUT2D eigenvalue weighted by molar-refractivity contribution is -0.131. The molecular formula is C9H6N2O4. The molecule has 0 saturated carbocycles. The summed E-state index contributed by atoms with van der Waals surface area (Å²) in [5.41, 5.74) is -0.206. The lowest BCUT2D eigenvalue weighted by Gasteiger charge is -1.92. The summed E-state index contributed by atoms with van der Waals surface area (Å²) in [7, 11) is 0. The van der Waals surface area contributed by atoms with E-state index in [1.165, 1.54) is 18.5 Å². The van der Waals surface area contributed by atoms with Crippen molar-refractivity contribution in [1.29, 1.82) is 0 Å². The molecule has 0 radical (unpaired) electrons. The molecule has 0 spiro atoms. The molecule has 0 bridgehead atoms. The van der Waals surface area contributed by atoms with E-state index in [9.17, 15) is 14.4 Å². The van der Waals surface area contributed by atoms with Gasteiger partial charge in [0.2, 0.25) is 0 Å². The topological polar surface area (TPSA) is 103 Å². The zero-order valence-corrected chi connectivity index (χ0v) is 7.40. The molecule has 0 aliphatic rings. The minimum Gasteiger partial charge on any atom is -0.475 e. The highest BCUT2D eigenvalue weighted by molar-refractivity contribution is 6.42. The molecule has 6 nitrogen and oxygen atoms in total. The molecule has 0 aliphatic carbocycles. The van der Waals surface area contributed by atoms with Crippen molar-refractivity contribution in [3.63, 3.8) is 0 Å². The maximum atomic E-state index is 11.2. The number of rotatable bonds is 2. The standard InChI is InChI=1S/C9H6N2O4/c12-7(9(14)15)5-3-11-6-4(5)1-2-10-8(6)13/h1-3,11H,(H,10,13)(H,14,15). The average Bonchev–Trinajstić information content (AvgIpc) is 2.61. The highest BCUT2D eigenvalue weighted by Crippen LogP contribution is 2.14. The van der Waals surface area contributed by atoms with Gasteiger partial charge in [0.15, 0.2) is 0 Å². The number of hydrogen-bond acceptors (Lipinski definition) is 3. The molecule has 2 aromatic rings. The molecule has 0 aromatic carbocycles. The van der Waals surface area contributed by atoms with Crippen LogP contribution in [0, 0.1) is 0 Å². The molecule has 76 valence electrons. The van der Waals surface area contributed by atoms with Crippen LogP contribution < -0.4 is 5.56 Å². The fraction of sp³-hybridized carbons (Fsp3) is 0. The number of carbonyl (C=O) groups is 2. The van der Waals surface area contributed by atoms with Gasteiger partial charge in [-0.2, -0.15) is 0 Å². The summed E-state index contributed by atoms with van der Waals surface area (Å²) in [6.45, 7) is 0. The van der Waals surface area contributed by atoms with E-state index in [-0.39, 0.29) is 11.1 Å². The average molecular weight is 206 g/mol. The predicted molar refractivity (Wildman–Crippen MR) is 50.9 cm³/mol. The Labute approximate surface area is 82.6 Å². The van der Waals surface area contributed by atoms with Crippen LogP contribution in [0.1, 0.15) is 10.4 Å². The summed E-state index contributed by atoms with van der Waals surface area (Å²) in [5.74, 6) is -2.58. The summed E-state index contributed by atoms with van der Waals surface area (Å²) in [4.78, 5) is 37.9. The van der Waals surface area contributed by atoms with Crippen LogP contribution in [-0.2, 0) is 4.79 Å². The van der Waals surface area contributed by atoms with Gasteiger partial charge in [0.05, 0.1) is 5.56 Å². The van der Waals surface area contributed by atoms with Crippen molar-refractivity contribution >= 4 is 22.7 Å². The van der Waals surface area contributed by atoms with Gasteiger partial charge in [0.1, 0.15) is 5.52 Å². The third kappa shape index (κ3) is 1.32. The van der Waals surface area contributed by atoms with Gasteiger partial charge in [-0.15, -0.1) is 0 Å². The molecule has 2 rings (SSSR count). The van der Waals surface area contributed by atoms with Gasteiger partial charge < -0.3 is 15.1 Å². The summed E-state index contributed by atoms with van der Waals surface area (Å²) < 4.78 is 0. The summed E-state index contributed by atoms with van der Waals surface area (Å²) in [5, 5.41) is 8.84. The number of hydrogen-bond donors (Lipinski definition) is 3. The third-order valence-corrected chi connectivity index (χ3v) is 2.05. The normalized spacial score (nSPS) is 10.4. The second-order valence-electron chi connectivity index (χ2n) is 2.93. The second kappa shape index (κ2) is 3.09. The van der Waals surface area contributed by atoms with Crippen LogP contribution in [0.2, 0.25) is 0 Å². The first-order valence-electron chi connectivity index (χ1n) is 4.07. The number of nitrogens with one attached hydrogen (secondary N) is 2. The Kier molecular flexibility index (Phi) is 1.89. The van der Waals surface area contributed by atoms with Crippen molar-refractivity contribution in [1.82, 2.24) is 9.97 Å². The van der Waals surface area contributed by atoms with E-state index in [2.05, 4.69) is 9.97 Å². The largest absolute Gasteiger partial charge is 0.475 e. The van der Waals surface area contributed by atoms with Crippen molar-refractivity contribution in [3.8, 4) is 0 Å². The number of pyridine rings is 1. The first-order chi connectivity index (χ1) is 7.11. The van der Waals surface area contributed by atoms with Crippen LogP contribution in [0.15, 0.2) is 23.3 Å². The fourth-order valence-corrected chi connectivity index (χ4v) is 1.37. The van der Waals surface area contributed by atoms with Crippen LogP contribution in [0.25, 0.3) is 10.9 Å². The number of fused-ring (bicyclic) bond motifs is 1. The number of Topliss-reactive ketones (excluding diaryl/α,β-unsaturated/α-hetero) is 1. The number of carboxylic acid groups (broad SMARTS) is 1. The molecule has 2 heterocycles. The quantitative estimate of drug-likeness (QED) is 0.479. The van der Waals surface area contributed by atoms with E-state index in [4.69, 9.17) is 5.11 Å². The molecule has 0 aliphatic heterocycles.